The molecule has 1 fully saturated rings. The number of alkyl halides is 3. The summed E-state index contributed by atoms with van der Waals surface area (Å²) in [5.41, 5.74) is 0.872. The van der Waals surface area contributed by atoms with Crippen LogP contribution in [0.3, 0.4) is 0 Å². The molecule has 0 spiro atoms. The molecule has 1 heterocycles. The van der Waals surface area contributed by atoms with E-state index in [4.69, 9.17) is 0 Å². The Balaban J connectivity index is 2.05. The number of halogens is 3. The van der Waals surface area contributed by atoms with E-state index in [0.717, 1.165) is 6.20 Å². The van der Waals surface area contributed by atoms with E-state index in [9.17, 15) is 27.6 Å². The summed E-state index contributed by atoms with van der Waals surface area (Å²) in [5.74, 6) is -2.51. The SMILES string of the molecule is CC(=O)c1cccc(NC(=O)[C@H]2CCCN2/C=C/C(=O)C(F)(F)F)c1. The molecule has 0 aromatic heterocycles. The Morgan fingerprint density at radius 3 is 2.64 bits per heavy atom. The molecule has 1 aliphatic rings. The summed E-state index contributed by atoms with van der Waals surface area (Å²) in [4.78, 5) is 36.1. The minimum absolute atomic E-state index is 0.146. The lowest BCUT2D eigenvalue weighted by Crippen LogP contribution is -2.36. The number of benzene rings is 1. The molecule has 1 aromatic carbocycles. The molecular weight excluding hydrogens is 337 g/mol. The van der Waals surface area contributed by atoms with Crippen LogP contribution in [-0.2, 0) is 9.59 Å². The Kier molecular flexibility index (Phi) is 5.61. The van der Waals surface area contributed by atoms with Gasteiger partial charge in [-0.1, -0.05) is 12.1 Å². The van der Waals surface area contributed by atoms with Crippen LogP contribution in [0.1, 0.15) is 30.1 Å². The molecule has 134 valence electrons. The first-order valence-corrected chi connectivity index (χ1v) is 7.65. The number of likely N-dealkylation sites (tertiary alicyclic amines) is 1. The van der Waals surface area contributed by atoms with Gasteiger partial charge >= 0.3 is 6.18 Å². The molecule has 2 rings (SSSR count). The molecule has 1 aliphatic heterocycles. The van der Waals surface area contributed by atoms with Gasteiger partial charge in [-0.2, -0.15) is 13.2 Å². The number of nitrogens with one attached hydrogen (secondary N) is 1. The molecule has 0 bridgehead atoms. The van der Waals surface area contributed by atoms with Crippen molar-refractivity contribution in [2.75, 3.05) is 11.9 Å². The van der Waals surface area contributed by atoms with Crippen molar-refractivity contribution in [2.45, 2.75) is 32.0 Å². The maximum atomic E-state index is 12.4. The second-order valence-corrected chi connectivity index (χ2v) is 5.70. The molecule has 0 radical (unpaired) electrons. The fourth-order valence-electron chi connectivity index (χ4n) is 2.55. The zero-order valence-electron chi connectivity index (χ0n) is 13.5. The van der Waals surface area contributed by atoms with Gasteiger partial charge in [0.05, 0.1) is 0 Å². The molecule has 1 saturated heterocycles. The highest BCUT2D eigenvalue weighted by Crippen LogP contribution is 2.22. The van der Waals surface area contributed by atoms with Crippen LogP contribution in [0.4, 0.5) is 18.9 Å². The average molecular weight is 354 g/mol. The van der Waals surface area contributed by atoms with E-state index in [2.05, 4.69) is 5.32 Å². The van der Waals surface area contributed by atoms with Crippen LogP contribution in [0.25, 0.3) is 0 Å². The van der Waals surface area contributed by atoms with Crippen LogP contribution in [0.2, 0.25) is 0 Å². The summed E-state index contributed by atoms with van der Waals surface area (Å²) in [5, 5.41) is 2.65. The van der Waals surface area contributed by atoms with E-state index in [0.29, 0.717) is 36.7 Å². The highest BCUT2D eigenvalue weighted by molar-refractivity contribution is 5.98. The first-order chi connectivity index (χ1) is 11.7. The van der Waals surface area contributed by atoms with Crippen LogP contribution in [0.5, 0.6) is 0 Å². The van der Waals surface area contributed by atoms with Gasteiger partial charge < -0.3 is 10.2 Å². The minimum Gasteiger partial charge on any atom is -0.365 e. The number of hydrogen-bond acceptors (Lipinski definition) is 4. The standard InChI is InChI=1S/C17H17F3N2O3/c1-11(23)12-4-2-5-13(10-12)21-16(25)14-6-3-8-22(14)9-7-15(24)17(18,19)20/h2,4-5,7,9-10,14H,3,6,8H2,1H3,(H,21,25)/b9-7+/t14-/m1/s1. The third-order valence-electron chi connectivity index (χ3n) is 3.83. The van der Waals surface area contributed by atoms with Gasteiger partial charge in [0.25, 0.3) is 5.78 Å². The van der Waals surface area contributed by atoms with Crippen molar-refractivity contribution in [1.29, 1.82) is 0 Å². The predicted octanol–water partition coefficient (Wildman–Crippen LogP) is 2.94. The Morgan fingerprint density at radius 2 is 2.00 bits per heavy atom. The summed E-state index contributed by atoms with van der Waals surface area (Å²) in [6, 6.07) is 5.72. The lowest BCUT2D eigenvalue weighted by molar-refractivity contribution is -0.165. The normalized spacial score (nSPS) is 17.8. The quantitative estimate of drug-likeness (QED) is 0.652. The zero-order chi connectivity index (χ0) is 18.6. The fraction of sp³-hybridized carbons (Fsp3) is 0.353. The van der Waals surface area contributed by atoms with E-state index in [1.807, 2.05) is 0 Å². The maximum absolute atomic E-state index is 12.4. The van der Waals surface area contributed by atoms with Crippen LogP contribution < -0.4 is 5.32 Å². The van der Waals surface area contributed by atoms with Crippen LogP contribution in [-0.4, -0.2) is 41.1 Å². The van der Waals surface area contributed by atoms with Crippen molar-refractivity contribution in [3.8, 4) is 0 Å². The molecule has 5 nitrogen and oxygen atoms in total. The summed E-state index contributed by atoms with van der Waals surface area (Å²) >= 11 is 0. The number of hydrogen-bond donors (Lipinski definition) is 1. The lowest BCUT2D eigenvalue weighted by atomic mass is 10.1. The van der Waals surface area contributed by atoms with Gasteiger partial charge in [0, 0.05) is 30.1 Å². The van der Waals surface area contributed by atoms with E-state index in [1.54, 1.807) is 18.2 Å². The highest BCUT2D eigenvalue weighted by Gasteiger charge is 2.37. The van der Waals surface area contributed by atoms with E-state index < -0.39 is 23.9 Å². The van der Waals surface area contributed by atoms with E-state index in [1.165, 1.54) is 17.9 Å². The number of Topliss-reactive ketones (excluding diaryl/α,β-unsaturated/α-hetero) is 1. The smallest absolute Gasteiger partial charge is 0.365 e. The Bertz CT molecular complexity index is 713. The molecule has 25 heavy (non-hydrogen) atoms. The topological polar surface area (TPSA) is 66.5 Å². The number of allylic oxidation sites excluding steroid dienone is 1. The van der Waals surface area contributed by atoms with E-state index >= 15 is 0 Å². The van der Waals surface area contributed by atoms with Crippen molar-refractivity contribution in [3.05, 3.63) is 42.1 Å². The first-order valence-electron chi connectivity index (χ1n) is 7.65. The number of carbonyl (C=O) groups is 3. The first kappa shape index (κ1) is 18.7. The van der Waals surface area contributed by atoms with Gasteiger partial charge in [-0.25, -0.2) is 0 Å². The van der Waals surface area contributed by atoms with Crippen molar-refractivity contribution in [1.82, 2.24) is 4.90 Å². The average Bonchev–Trinajstić information content (AvgIpc) is 3.00. The van der Waals surface area contributed by atoms with E-state index in [-0.39, 0.29) is 5.78 Å². The molecule has 0 aliphatic carbocycles. The molecule has 1 atom stereocenters. The molecular formula is C17H17F3N2O3. The summed E-state index contributed by atoms with van der Waals surface area (Å²) < 4.78 is 36.7. The van der Waals surface area contributed by atoms with Gasteiger partial charge in [0.15, 0.2) is 5.78 Å². The number of nitrogens with zero attached hydrogens (tertiary/aromatic N) is 1. The van der Waals surface area contributed by atoms with Crippen molar-refractivity contribution in [2.24, 2.45) is 0 Å². The Hall–Kier alpha value is -2.64. The van der Waals surface area contributed by atoms with Gasteiger partial charge in [0.2, 0.25) is 5.91 Å². The van der Waals surface area contributed by atoms with Crippen LogP contribution in [0.15, 0.2) is 36.5 Å². The lowest BCUT2D eigenvalue weighted by Gasteiger charge is -2.22. The predicted molar refractivity (Wildman–Crippen MR) is 85.0 cm³/mol. The Labute approximate surface area is 142 Å². The molecule has 1 amide bonds. The van der Waals surface area contributed by atoms with Gasteiger partial charge in [-0.05, 0) is 31.9 Å². The number of ketones is 2. The summed E-state index contributed by atoms with van der Waals surface area (Å²) in [6.45, 7) is 1.79. The largest absolute Gasteiger partial charge is 0.454 e. The number of anilines is 1. The second-order valence-electron chi connectivity index (χ2n) is 5.70. The Morgan fingerprint density at radius 1 is 1.28 bits per heavy atom. The molecule has 0 unspecified atom stereocenters. The summed E-state index contributed by atoms with van der Waals surface area (Å²) in [7, 11) is 0. The molecule has 0 saturated carbocycles. The molecule has 8 heteroatoms. The number of carbonyl (C=O) groups excluding carboxylic acids is 3. The fourth-order valence-corrected chi connectivity index (χ4v) is 2.55. The number of amides is 1. The van der Waals surface area contributed by atoms with Crippen LogP contribution in [0, 0.1) is 0 Å². The van der Waals surface area contributed by atoms with Crippen molar-refractivity contribution in [3.63, 3.8) is 0 Å². The third kappa shape index (κ3) is 4.91. The van der Waals surface area contributed by atoms with Crippen molar-refractivity contribution < 1.29 is 27.6 Å². The zero-order valence-corrected chi connectivity index (χ0v) is 13.5. The van der Waals surface area contributed by atoms with Gasteiger partial charge in [-0.15, -0.1) is 0 Å². The minimum atomic E-state index is -4.93. The van der Waals surface area contributed by atoms with Gasteiger partial charge in [-0.3, -0.25) is 14.4 Å². The third-order valence-corrected chi connectivity index (χ3v) is 3.83. The maximum Gasteiger partial charge on any atom is 0.454 e. The molecule has 1 aromatic rings. The number of rotatable bonds is 5. The monoisotopic (exact) mass is 354 g/mol. The van der Waals surface area contributed by atoms with Gasteiger partial charge in [0.1, 0.15) is 6.04 Å². The van der Waals surface area contributed by atoms with Crippen LogP contribution >= 0.6 is 0 Å². The molecule has 1 N–H and O–H groups in total. The second kappa shape index (κ2) is 7.50. The van der Waals surface area contributed by atoms with Crippen molar-refractivity contribution >= 4 is 23.2 Å². The summed E-state index contributed by atoms with van der Waals surface area (Å²) in [6.07, 6.45) is -2.40. The highest BCUT2D eigenvalue weighted by atomic mass is 19.4.